The number of alkyl halides is 1. The summed E-state index contributed by atoms with van der Waals surface area (Å²) in [6.07, 6.45) is 0. The van der Waals surface area contributed by atoms with Crippen LogP contribution in [0, 0.1) is 6.92 Å². The van der Waals surface area contributed by atoms with Gasteiger partial charge in [0.25, 0.3) is 0 Å². The molecular formula is C16H18BrNO2S. The predicted molar refractivity (Wildman–Crippen MR) is 89.0 cm³/mol. The lowest BCUT2D eigenvalue weighted by Gasteiger charge is -2.21. The average molecular weight is 368 g/mol. The van der Waals surface area contributed by atoms with Gasteiger partial charge in [0.1, 0.15) is 0 Å². The first-order valence-electron chi connectivity index (χ1n) is 6.71. The maximum atomic E-state index is 12.8. The van der Waals surface area contributed by atoms with Crippen molar-refractivity contribution in [3.05, 3.63) is 65.7 Å². The van der Waals surface area contributed by atoms with Crippen molar-refractivity contribution < 1.29 is 8.42 Å². The van der Waals surface area contributed by atoms with Crippen LogP contribution in [-0.2, 0) is 16.6 Å². The topological polar surface area (TPSA) is 37.4 Å². The molecular weight excluding hydrogens is 350 g/mol. The van der Waals surface area contributed by atoms with Crippen molar-refractivity contribution >= 4 is 26.0 Å². The molecule has 5 heteroatoms. The van der Waals surface area contributed by atoms with Crippen LogP contribution in [0.3, 0.4) is 0 Å². The highest BCUT2D eigenvalue weighted by Crippen LogP contribution is 2.19. The third kappa shape index (κ3) is 4.15. The molecule has 2 aromatic carbocycles. The molecule has 0 atom stereocenters. The highest BCUT2D eigenvalue weighted by Gasteiger charge is 2.24. The summed E-state index contributed by atoms with van der Waals surface area (Å²) >= 11 is 3.34. The van der Waals surface area contributed by atoms with Gasteiger partial charge in [-0.25, -0.2) is 8.42 Å². The molecule has 0 saturated heterocycles. The van der Waals surface area contributed by atoms with Crippen LogP contribution in [0.15, 0.2) is 59.5 Å². The van der Waals surface area contributed by atoms with E-state index in [1.165, 1.54) is 4.31 Å². The summed E-state index contributed by atoms with van der Waals surface area (Å²) in [5.74, 6) is 0. The van der Waals surface area contributed by atoms with E-state index in [1.54, 1.807) is 18.2 Å². The van der Waals surface area contributed by atoms with Gasteiger partial charge in [0.2, 0.25) is 10.0 Å². The van der Waals surface area contributed by atoms with E-state index in [0.29, 0.717) is 23.3 Å². The quantitative estimate of drug-likeness (QED) is 0.731. The normalized spacial score (nSPS) is 11.8. The summed E-state index contributed by atoms with van der Waals surface area (Å²) in [5, 5.41) is 0.602. The molecule has 0 amide bonds. The first kappa shape index (κ1) is 16.2. The number of rotatable bonds is 6. The minimum absolute atomic E-state index is 0.347. The average Bonchev–Trinajstić information content (AvgIpc) is 2.48. The van der Waals surface area contributed by atoms with Gasteiger partial charge in [-0.15, -0.1) is 0 Å². The van der Waals surface area contributed by atoms with Gasteiger partial charge in [-0.1, -0.05) is 58.4 Å². The molecule has 0 N–H and O–H groups in total. The lowest BCUT2D eigenvalue weighted by molar-refractivity contribution is 0.426. The highest BCUT2D eigenvalue weighted by molar-refractivity contribution is 9.09. The lowest BCUT2D eigenvalue weighted by atomic mass is 10.2. The van der Waals surface area contributed by atoms with Gasteiger partial charge in [-0.2, -0.15) is 4.31 Å². The fraction of sp³-hybridized carbons (Fsp3) is 0.250. The van der Waals surface area contributed by atoms with Crippen molar-refractivity contribution in [3.8, 4) is 0 Å². The van der Waals surface area contributed by atoms with Crippen LogP contribution in [0.2, 0.25) is 0 Å². The molecule has 0 fully saturated rings. The van der Waals surface area contributed by atoms with Gasteiger partial charge in [-0.05, 0) is 30.2 Å². The van der Waals surface area contributed by atoms with E-state index >= 15 is 0 Å². The molecule has 0 heterocycles. The van der Waals surface area contributed by atoms with E-state index in [4.69, 9.17) is 0 Å². The molecule has 0 spiro atoms. The molecule has 0 aliphatic heterocycles. The third-order valence-corrected chi connectivity index (χ3v) is 5.36. The number of hydrogen-bond donors (Lipinski definition) is 0. The summed E-state index contributed by atoms with van der Waals surface area (Å²) in [6.45, 7) is 2.71. The van der Waals surface area contributed by atoms with Gasteiger partial charge in [0, 0.05) is 18.4 Å². The summed E-state index contributed by atoms with van der Waals surface area (Å²) in [4.78, 5) is 0.347. The maximum absolute atomic E-state index is 12.8. The van der Waals surface area contributed by atoms with Crippen molar-refractivity contribution in [1.29, 1.82) is 0 Å². The molecule has 0 bridgehead atoms. The Morgan fingerprint density at radius 3 is 2.38 bits per heavy atom. The van der Waals surface area contributed by atoms with E-state index in [1.807, 2.05) is 43.3 Å². The number of benzene rings is 2. The number of nitrogens with zero attached hydrogens (tertiary/aromatic N) is 1. The van der Waals surface area contributed by atoms with Crippen molar-refractivity contribution in [2.75, 3.05) is 11.9 Å². The summed E-state index contributed by atoms with van der Waals surface area (Å²) in [6, 6.07) is 16.7. The molecule has 3 nitrogen and oxygen atoms in total. The smallest absolute Gasteiger partial charge is 0.207 e. The van der Waals surface area contributed by atoms with E-state index < -0.39 is 10.0 Å². The Morgan fingerprint density at radius 2 is 1.76 bits per heavy atom. The van der Waals surface area contributed by atoms with Crippen molar-refractivity contribution in [1.82, 2.24) is 4.31 Å². The second-order valence-corrected chi connectivity index (χ2v) is 7.56. The van der Waals surface area contributed by atoms with Gasteiger partial charge in [-0.3, -0.25) is 0 Å². The van der Waals surface area contributed by atoms with Crippen LogP contribution >= 0.6 is 15.9 Å². The largest absolute Gasteiger partial charge is 0.243 e. The minimum atomic E-state index is -3.48. The Morgan fingerprint density at radius 1 is 1.05 bits per heavy atom. The fourth-order valence-electron chi connectivity index (χ4n) is 2.09. The molecule has 0 saturated carbocycles. The monoisotopic (exact) mass is 367 g/mol. The predicted octanol–water partition coefficient (Wildman–Crippen LogP) is 3.58. The summed E-state index contributed by atoms with van der Waals surface area (Å²) in [5.41, 5.74) is 1.92. The van der Waals surface area contributed by atoms with Crippen LogP contribution in [-0.4, -0.2) is 24.6 Å². The zero-order valence-corrected chi connectivity index (χ0v) is 14.3. The molecule has 21 heavy (non-hydrogen) atoms. The Labute approximate surface area is 134 Å². The van der Waals surface area contributed by atoms with Crippen molar-refractivity contribution in [3.63, 3.8) is 0 Å². The van der Waals surface area contributed by atoms with Crippen LogP contribution in [0.25, 0.3) is 0 Å². The Kier molecular flexibility index (Phi) is 5.56. The van der Waals surface area contributed by atoms with Gasteiger partial charge in [0.15, 0.2) is 0 Å². The Hall–Kier alpha value is -1.17. The van der Waals surface area contributed by atoms with Crippen molar-refractivity contribution in [2.24, 2.45) is 0 Å². The molecule has 0 aromatic heterocycles. The number of sulfonamides is 1. The zero-order valence-electron chi connectivity index (χ0n) is 11.9. The molecule has 0 unspecified atom stereocenters. The van der Waals surface area contributed by atoms with Gasteiger partial charge < -0.3 is 0 Å². The van der Waals surface area contributed by atoms with Crippen LogP contribution in [0.5, 0.6) is 0 Å². The minimum Gasteiger partial charge on any atom is -0.207 e. The number of halogens is 1. The fourth-order valence-corrected chi connectivity index (χ4v) is 4.29. The van der Waals surface area contributed by atoms with Gasteiger partial charge >= 0.3 is 0 Å². The second kappa shape index (κ2) is 7.20. The van der Waals surface area contributed by atoms with Crippen LogP contribution in [0.4, 0.5) is 0 Å². The number of hydrogen-bond acceptors (Lipinski definition) is 2. The van der Waals surface area contributed by atoms with Crippen molar-refractivity contribution in [2.45, 2.75) is 18.4 Å². The molecule has 2 aromatic rings. The Bertz CT molecular complexity index is 686. The Balaban J connectivity index is 2.32. The first-order valence-corrected chi connectivity index (χ1v) is 9.27. The summed E-state index contributed by atoms with van der Waals surface area (Å²) in [7, 11) is -3.48. The van der Waals surface area contributed by atoms with E-state index in [2.05, 4.69) is 15.9 Å². The van der Waals surface area contributed by atoms with Crippen LogP contribution < -0.4 is 0 Å². The standard InChI is InChI=1S/C16H18BrNO2S/c1-14-6-5-9-16(12-14)21(19,20)18(11-10-17)13-15-7-3-2-4-8-15/h2-9,12H,10-11,13H2,1H3. The molecule has 0 aliphatic rings. The third-order valence-electron chi connectivity index (χ3n) is 3.16. The number of aryl methyl sites for hydroxylation is 1. The SMILES string of the molecule is Cc1cccc(S(=O)(=O)N(CCBr)Cc2ccccc2)c1. The van der Waals surface area contributed by atoms with Gasteiger partial charge in [0.05, 0.1) is 4.90 Å². The van der Waals surface area contributed by atoms with Crippen LogP contribution in [0.1, 0.15) is 11.1 Å². The lowest BCUT2D eigenvalue weighted by Crippen LogP contribution is -2.32. The summed E-state index contributed by atoms with van der Waals surface area (Å²) < 4.78 is 27.1. The molecule has 0 radical (unpaired) electrons. The first-order chi connectivity index (χ1) is 10.0. The molecule has 0 aliphatic carbocycles. The maximum Gasteiger partial charge on any atom is 0.243 e. The molecule has 2 rings (SSSR count). The second-order valence-electron chi connectivity index (χ2n) is 4.83. The van der Waals surface area contributed by atoms with E-state index in [9.17, 15) is 8.42 Å². The molecule has 112 valence electrons. The zero-order chi connectivity index (χ0) is 15.3. The highest BCUT2D eigenvalue weighted by atomic mass is 79.9. The van der Waals surface area contributed by atoms with E-state index in [-0.39, 0.29) is 0 Å². The van der Waals surface area contributed by atoms with E-state index in [0.717, 1.165) is 11.1 Å².